The molecule has 0 bridgehead atoms. The molecule has 1 aromatic carbocycles. The van der Waals surface area contributed by atoms with Gasteiger partial charge >= 0.3 is 0 Å². The first-order valence-electron chi connectivity index (χ1n) is 9.68. The zero-order valence-corrected chi connectivity index (χ0v) is 16.8. The number of carbonyl (C=O) groups excluding carboxylic acids is 1. The Kier molecular flexibility index (Phi) is 5.52. The van der Waals surface area contributed by atoms with Gasteiger partial charge in [-0.2, -0.15) is 4.98 Å². The van der Waals surface area contributed by atoms with Gasteiger partial charge in [0.2, 0.25) is 5.88 Å². The number of aromatic nitrogens is 2. The smallest absolute Gasteiger partial charge is 0.254 e. The lowest BCUT2D eigenvalue weighted by Gasteiger charge is -2.36. The first-order valence-corrected chi connectivity index (χ1v) is 9.68. The van der Waals surface area contributed by atoms with Crippen molar-refractivity contribution in [3.05, 3.63) is 53.7 Å². The number of carbonyl (C=O) groups is 1. The quantitative estimate of drug-likeness (QED) is 0.492. The summed E-state index contributed by atoms with van der Waals surface area (Å²) in [5, 5.41) is 10.1. The third-order valence-corrected chi connectivity index (χ3v) is 5.57. The summed E-state index contributed by atoms with van der Waals surface area (Å²) in [5.74, 6) is 1.32. The van der Waals surface area contributed by atoms with Crippen molar-refractivity contribution < 1.29 is 24.2 Å². The fraction of sp³-hybridized carbons (Fsp3) is 0.318. The lowest BCUT2D eigenvalue weighted by Crippen LogP contribution is -2.47. The van der Waals surface area contributed by atoms with E-state index in [2.05, 4.69) is 9.97 Å². The van der Waals surface area contributed by atoms with Crippen molar-refractivity contribution in [1.82, 2.24) is 15.4 Å². The van der Waals surface area contributed by atoms with Crippen LogP contribution in [0, 0.1) is 6.92 Å². The molecular formula is C22H23N3O5. The van der Waals surface area contributed by atoms with E-state index in [4.69, 9.17) is 14.2 Å². The molecular weight excluding hydrogens is 386 g/mol. The van der Waals surface area contributed by atoms with Crippen LogP contribution < -0.4 is 15.0 Å². The Morgan fingerprint density at radius 1 is 1.20 bits per heavy atom. The Balaban J connectivity index is 1.67. The Morgan fingerprint density at radius 3 is 2.70 bits per heavy atom. The normalized spacial score (nSPS) is 15.6. The Labute approximate surface area is 173 Å². The second kappa shape index (κ2) is 8.25. The monoisotopic (exact) mass is 409 g/mol. The fourth-order valence-electron chi connectivity index (χ4n) is 4.00. The van der Waals surface area contributed by atoms with Gasteiger partial charge in [0.25, 0.3) is 5.91 Å². The number of ether oxygens (including phenoxy) is 3. The molecule has 8 nitrogen and oxygen atoms in total. The number of hydrogen-bond donors (Lipinski definition) is 2. The molecule has 30 heavy (non-hydrogen) atoms. The molecule has 0 radical (unpaired) electrons. The number of hydroxylamine groups is 1. The molecule has 1 aliphatic heterocycles. The van der Waals surface area contributed by atoms with Crippen LogP contribution in [0.2, 0.25) is 0 Å². The van der Waals surface area contributed by atoms with Gasteiger partial charge in [-0.05, 0) is 55.2 Å². The molecule has 1 fully saturated rings. The molecule has 3 heterocycles. The van der Waals surface area contributed by atoms with Crippen molar-refractivity contribution >= 4 is 16.9 Å². The van der Waals surface area contributed by atoms with Gasteiger partial charge in [0, 0.05) is 25.5 Å². The molecule has 156 valence electrons. The van der Waals surface area contributed by atoms with Gasteiger partial charge in [-0.25, -0.2) is 10.5 Å². The predicted octanol–water partition coefficient (Wildman–Crippen LogP) is 3.29. The molecule has 0 spiro atoms. The van der Waals surface area contributed by atoms with Crippen molar-refractivity contribution in [2.24, 2.45) is 0 Å². The highest BCUT2D eigenvalue weighted by atomic mass is 16.5. The standard InChI is InChI=1S/C22H23N3O5/c1-14-13-15(3-5-17(14)22(21(26)25-27)8-11-29-12-9-22)30-18-7-10-23-20-16(18)4-6-19(24-20)28-2/h3-7,10,13,27H,8-9,11-12H2,1-2H3,(H,25,26). The van der Waals surface area contributed by atoms with Crippen LogP contribution in [-0.2, 0) is 14.9 Å². The molecule has 1 amide bonds. The van der Waals surface area contributed by atoms with E-state index in [1.54, 1.807) is 25.4 Å². The highest BCUT2D eigenvalue weighted by Crippen LogP contribution is 2.39. The van der Waals surface area contributed by atoms with Crippen molar-refractivity contribution in [3.63, 3.8) is 0 Å². The van der Waals surface area contributed by atoms with Gasteiger partial charge in [-0.3, -0.25) is 10.0 Å². The predicted molar refractivity (Wildman–Crippen MR) is 109 cm³/mol. The topological polar surface area (TPSA) is 103 Å². The van der Waals surface area contributed by atoms with Crippen LogP contribution in [0.25, 0.3) is 11.0 Å². The third-order valence-electron chi connectivity index (χ3n) is 5.57. The number of fused-ring (bicyclic) bond motifs is 1. The fourth-order valence-corrected chi connectivity index (χ4v) is 4.00. The molecule has 2 aromatic heterocycles. The van der Waals surface area contributed by atoms with E-state index in [-0.39, 0.29) is 0 Å². The Bertz CT molecular complexity index is 1080. The van der Waals surface area contributed by atoms with E-state index in [1.807, 2.05) is 36.7 Å². The Hall–Kier alpha value is -3.23. The average Bonchev–Trinajstić information content (AvgIpc) is 2.78. The van der Waals surface area contributed by atoms with Gasteiger partial charge in [0.05, 0.1) is 17.9 Å². The first-order chi connectivity index (χ1) is 14.6. The summed E-state index contributed by atoms with van der Waals surface area (Å²) in [6, 6.07) is 11.0. The molecule has 0 aliphatic carbocycles. The van der Waals surface area contributed by atoms with Crippen molar-refractivity contribution in [1.29, 1.82) is 0 Å². The number of pyridine rings is 2. The minimum absolute atomic E-state index is 0.414. The molecule has 4 rings (SSSR count). The number of aryl methyl sites for hydroxylation is 1. The number of rotatable bonds is 5. The summed E-state index contributed by atoms with van der Waals surface area (Å²) in [5.41, 5.74) is 3.30. The van der Waals surface area contributed by atoms with Crippen LogP contribution >= 0.6 is 0 Å². The summed E-state index contributed by atoms with van der Waals surface area (Å²) in [4.78, 5) is 21.1. The van der Waals surface area contributed by atoms with Crippen molar-refractivity contribution in [2.75, 3.05) is 20.3 Å². The van der Waals surface area contributed by atoms with Crippen LogP contribution in [0.1, 0.15) is 24.0 Å². The number of nitrogens with zero attached hydrogens (tertiary/aromatic N) is 2. The molecule has 1 saturated heterocycles. The largest absolute Gasteiger partial charge is 0.481 e. The average molecular weight is 409 g/mol. The molecule has 1 aliphatic rings. The van der Waals surface area contributed by atoms with E-state index in [1.165, 1.54) is 0 Å². The van der Waals surface area contributed by atoms with E-state index in [9.17, 15) is 10.0 Å². The van der Waals surface area contributed by atoms with E-state index in [0.29, 0.717) is 49.1 Å². The molecule has 0 unspecified atom stereocenters. The highest BCUT2D eigenvalue weighted by Gasteiger charge is 2.42. The van der Waals surface area contributed by atoms with Gasteiger partial charge in [0.1, 0.15) is 11.5 Å². The van der Waals surface area contributed by atoms with Crippen LogP contribution in [0.3, 0.4) is 0 Å². The SMILES string of the molecule is COc1ccc2c(Oc3ccc(C4(C(=O)NO)CCOCC4)c(C)c3)ccnc2n1. The second-order valence-corrected chi connectivity index (χ2v) is 7.25. The molecule has 0 atom stereocenters. The maximum absolute atomic E-state index is 12.5. The number of hydrogen-bond acceptors (Lipinski definition) is 7. The summed E-state index contributed by atoms with van der Waals surface area (Å²) in [7, 11) is 1.56. The van der Waals surface area contributed by atoms with Gasteiger partial charge in [-0.15, -0.1) is 0 Å². The first kappa shape index (κ1) is 20.1. The maximum Gasteiger partial charge on any atom is 0.254 e. The van der Waals surface area contributed by atoms with Gasteiger partial charge in [0.15, 0.2) is 5.65 Å². The van der Waals surface area contributed by atoms with Crippen molar-refractivity contribution in [3.8, 4) is 17.4 Å². The summed E-state index contributed by atoms with van der Waals surface area (Å²) >= 11 is 0. The minimum atomic E-state index is -0.820. The summed E-state index contributed by atoms with van der Waals surface area (Å²) in [6.45, 7) is 2.86. The van der Waals surface area contributed by atoms with E-state index in [0.717, 1.165) is 16.5 Å². The number of benzene rings is 1. The van der Waals surface area contributed by atoms with E-state index < -0.39 is 11.3 Å². The zero-order valence-electron chi connectivity index (χ0n) is 16.8. The minimum Gasteiger partial charge on any atom is -0.481 e. The number of methoxy groups -OCH3 is 1. The van der Waals surface area contributed by atoms with Crippen molar-refractivity contribution in [2.45, 2.75) is 25.2 Å². The lowest BCUT2D eigenvalue weighted by atomic mass is 9.72. The maximum atomic E-state index is 12.5. The number of amides is 1. The number of nitrogens with one attached hydrogen (secondary N) is 1. The molecule has 3 aromatic rings. The lowest BCUT2D eigenvalue weighted by molar-refractivity contribution is -0.139. The molecule has 0 saturated carbocycles. The summed E-state index contributed by atoms with van der Waals surface area (Å²) < 4.78 is 16.7. The third kappa shape index (κ3) is 3.55. The zero-order chi connectivity index (χ0) is 21.1. The van der Waals surface area contributed by atoms with Crippen LogP contribution in [-0.4, -0.2) is 41.4 Å². The highest BCUT2D eigenvalue weighted by molar-refractivity contribution is 5.88. The summed E-state index contributed by atoms with van der Waals surface area (Å²) in [6.07, 6.45) is 2.64. The van der Waals surface area contributed by atoms with Crippen LogP contribution in [0.4, 0.5) is 0 Å². The van der Waals surface area contributed by atoms with E-state index >= 15 is 0 Å². The van der Waals surface area contributed by atoms with Crippen LogP contribution in [0.5, 0.6) is 17.4 Å². The van der Waals surface area contributed by atoms with Gasteiger partial charge < -0.3 is 14.2 Å². The van der Waals surface area contributed by atoms with Gasteiger partial charge in [-0.1, -0.05) is 6.07 Å². The molecule has 2 N–H and O–H groups in total. The Morgan fingerprint density at radius 2 is 2.00 bits per heavy atom. The molecule has 8 heteroatoms. The van der Waals surface area contributed by atoms with Crippen LogP contribution in [0.15, 0.2) is 42.6 Å². The second-order valence-electron chi connectivity index (χ2n) is 7.25.